The van der Waals surface area contributed by atoms with Crippen LogP contribution in [-0.2, 0) is 6.54 Å². The van der Waals surface area contributed by atoms with Gasteiger partial charge >= 0.3 is 0 Å². The molecule has 0 aliphatic rings. The normalized spacial score (nSPS) is 9.29. The van der Waals surface area contributed by atoms with Crippen LogP contribution in [0.15, 0.2) is 18.5 Å². The summed E-state index contributed by atoms with van der Waals surface area (Å²) in [5, 5.41) is 0. The third-order valence-corrected chi connectivity index (χ3v) is 0.898. The minimum atomic E-state index is 0.628. The first-order valence-corrected chi connectivity index (χ1v) is 2.25. The van der Waals surface area contributed by atoms with Crippen LogP contribution in [-0.4, -0.2) is 4.98 Å². The SMILES string of the molecule is NCc1cc[nH]c1. The van der Waals surface area contributed by atoms with Gasteiger partial charge in [0.15, 0.2) is 0 Å². The lowest BCUT2D eigenvalue weighted by Crippen LogP contribution is -1.92. The average molecular weight is 96.1 g/mol. The van der Waals surface area contributed by atoms with Gasteiger partial charge in [-0.2, -0.15) is 0 Å². The minimum Gasteiger partial charge on any atom is -0.367 e. The molecule has 0 saturated carbocycles. The highest BCUT2D eigenvalue weighted by Crippen LogP contribution is 1.91. The Morgan fingerprint density at radius 2 is 2.57 bits per heavy atom. The van der Waals surface area contributed by atoms with E-state index in [4.69, 9.17) is 5.73 Å². The standard InChI is InChI=1S/C5H8N2/c6-3-5-1-2-7-4-5/h1-2,4,7H,3,6H2. The number of H-pyrrole nitrogens is 1. The summed E-state index contributed by atoms with van der Waals surface area (Å²) in [5.41, 5.74) is 6.43. The van der Waals surface area contributed by atoms with E-state index in [2.05, 4.69) is 4.98 Å². The Morgan fingerprint density at radius 1 is 1.71 bits per heavy atom. The van der Waals surface area contributed by atoms with Crippen molar-refractivity contribution in [2.24, 2.45) is 5.73 Å². The molecule has 0 spiro atoms. The summed E-state index contributed by atoms with van der Waals surface area (Å²) >= 11 is 0. The molecule has 0 amide bonds. The zero-order valence-electron chi connectivity index (χ0n) is 4.02. The smallest absolute Gasteiger partial charge is 0.0193 e. The maximum Gasteiger partial charge on any atom is 0.0193 e. The van der Waals surface area contributed by atoms with Gasteiger partial charge in [0.05, 0.1) is 0 Å². The molecule has 0 aliphatic carbocycles. The fourth-order valence-corrected chi connectivity index (χ4v) is 0.485. The van der Waals surface area contributed by atoms with Gasteiger partial charge in [0.1, 0.15) is 0 Å². The second-order valence-corrected chi connectivity index (χ2v) is 1.42. The van der Waals surface area contributed by atoms with Crippen molar-refractivity contribution in [3.63, 3.8) is 0 Å². The molecular weight excluding hydrogens is 88.1 g/mol. The summed E-state index contributed by atoms with van der Waals surface area (Å²) in [6.07, 6.45) is 3.75. The summed E-state index contributed by atoms with van der Waals surface area (Å²) in [6, 6.07) is 1.96. The van der Waals surface area contributed by atoms with Crippen LogP contribution in [0.4, 0.5) is 0 Å². The van der Waals surface area contributed by atoms with E-state index in [-0.39, 0.29) is 0 Å². The molecule has 0 radical (unpaired) electrons. The molecule has 7 heavy (non-hydrogen) atoms. The molecule has 3 N–H and O–H groups in total. The largest absolute Gasteiger partial charge is 0.367 e. The number of aromatic amines is 1. The monoisotopic (exact) mass is 96.1 g/mol. The number of hydrogen-bond donors (Lipinski definition) is 2. The summed E-state index contributed by atoms with van der Waals surface area (Å²) in [7, 11) is 0. The number of nitrogens with two attached hydrogens (primary N) is 1. The highest BCUT2D eigenvalue weighted by atomic mass is 14.6. The molecule has 1 aromatic heterocycles. The predicted molar refractivity (Wildman–Crippen MR) is 28.7 cm³/mol. The molecule has 0 fully saturated rings. The van der Waals surface area contributed by atoms with E-state index in [9.17, 15) is 0 Å². The molecule has 1 rings (SSSR count). The second-order valence-electron chi connectivity index (χ2n) is 1.42. The molecule has 0 aliphatic heterocycles. The minimum absolute atomic E-state index is 0.628. The Balaban J connectivity index is 2.76. The Morgan fingerprint density at radius 3 is 2.86 bits per heavy atom. The topological polar surface area (TPSA) is 41.8 Å². The average Bonchev–Trinajstić information content (AvgIpc) is 2.14. The quantitative estimate of drug-likeness (QED) is 0.524. The van der Waals surface area contributed by atoms with Crippen molar-refractivity contribution in [3.8, 4) is 0 Å². The van der Waals surface area contributed by atoms with Crippen LogP contribution in [0, 0.1) is 0 Å². The van der Waals surface area contributed by atoms with Crippen molar-refractivity contribution >= 4 is 0 Å². The molecule has 0 bridgehead atoms. The van der Waals surface area contributed by atoms with Gasteiger partial charge in [0.25, 0.3) is 0 Å². The van der Waals surface area contributed by atoms with Crippen LogP contribution in [0.3, 0.4) is 0 Å². The van der Waals surface area contributed by atoms with Crippen LogP contribution in [0.5, 0.6) is 0 Å². The molecule has 0 saturated heterocycles. The molecular formula is C5H8N2. The van der Waals surface area contributed by atoms with Gasteiger partial charge in [0, 0.05) is 18.9 Å². The van der Waals surface area contributed by atoms with E-state index in [0.29, 0.717) is 6.54 Å². The Bertz CT molecular complexity index is 121. The van der Waals surface area contributed by atoms with Gasteiger partial charge in [-0.1, -0.05) is 0 Å². The van der Waals surface area contributed by atoms with Crippen LogP contribution < -0.4 is 5.73 Å². The molecule has 0 unspecified atom stereocenters. The van der Waals surface area contributed by atoms with Gasteiger partial charge in [-0.05, 0) is 11.6 Å². The Hall–Kier alpha value is -0.760. The van der Waals surface area contributed by atoms with Gasteiger partial charge < -0.3 is 10.7 Å². The van der Waals surface area contributed by atoms with Crippen LogP contribution in [0.2, 0.25) is 0 Å². The maximum atomic E-state index is 5.27. The van der Waals surface area contributed by atoms with Crippen LogP contribution >= 0.6 is 0 Å². The third kappa shape index (κ3) is 0.810. The molecule has 1 aromatic rings. The summed E-state index contributed by atoms with van der Waals surface area (Å²) in [6.45, 7) is 0.628. The zero-order valence-corrected chi connectivity index (χ0v) is 4.02. The lowest BCUT2D eigenvalue weighted by atomic mass is 10.4. The van der Waals surface area contributed by atoms with Gasteiger partial charge in [0.2, 0.25) is 0 Å². The Labute approximate surface area is 42.3 Å². The van der Waals surface area contributed by atoms with E-state index in [1.807, 2.05) is 18.5 Å². The number of nitrogens with one attached hydrogen (secondary N) is 1. The molecule has 0 atom stereocenters. The van der Waals surface area contributed by atoms with Crippen LogP contribution in [0.25, 0.3) is 0 Å². The molecule has 1 heterocycles. The van der Waals surface area contributed by atoms with Crippen molar-refractivity contribution in [2.45, 2.75) is 6.54 Å². The van der Waals surface area contributed by atoms with E-state index in [1.165, 1.54) is 0 Å². The second kappa shape index (κ2) is 1.80. The van der Waals surface area contributed by atoms with E-state index >= 15 is 0 Å². The van der Waals surface area contributed by atoms with E-state index < -0.39 is 0 Å². The first-order valence-electron chi connectivity index (χ1n) is 2.25. The fraction of sp³-hybridized carbons (Fsp3) is 0.200. The number of hydrogen-bond acceptors (Lipinski definition) is 1. The highest BCUT2D eigenvalue weighted by molar-refractivity contribution is 5.06. The highest BCUT2D eigenvalue weighted by Gasteiger charge is 1.81. The summed E-state index contributed by atoms with van der Waals surface area (Å²) in [5.74, 6) is 0. The lowest BCUT2D eigenvalue weighted by Gasteiger charge is -1.79. The maximum absolute atomic E-state index is 5.27. The van der Waals surface area contributed by atoms with Gasteiger partial charge in [-0.25, -0.2) is 0 Å². The van der Waals surface area contributed by atoms with Crippen molar-refractivity contribution in [1.82, 2.24) is 4.98 Å². The zero-order chi connectivity index (χ0) is 5.11. The first-order chi connectivity index (χ1) is 3.43. The first kappa shape index (κ1) is 4.40. The fourth-order valence-electron chi connectivity index (χ4n) is 0.485. The summed E-state index contributed by atoms with van der Waals surface area (Å²) < 4.78 is 0. The van der Waals surface area contributed by atoms with Gasteiger partial charge in [-0.3, -0.25) is 0 Å². The molecule has 2 heteroatoms. The number of rotatable bonds is 1. The lowest BCUT2D eigenvalue weighted by molar-refractivity contribution is 1.07. The van der Waals surface area contributed by atoms with Crippen LogP contribution in [0.1, 0.15) is 5.56 Å². The molecule has 0 aromatic carbocycles. The van der Waals surface area contributed by atoms with E-state index in [0.717, 1.165) is 5.56 Å². The Kier molecular flexibility index (Phi) is 1.13. The number of aromatic nitrogens is 1. The predicted octanol–water partition coefficient (Wildman–Crippen LogP) is 0.473. The third-order valence-electron chi connectivity index (χ3n) is 0.898. The van der Waals surface area contributed by atoms with E-state index in [1.54, 1.807) is 0 Å². The van der Waals surface area contributed by atoms with Crippen molar-refractivity contribution in [3.05, 3.63) is 24.0 Å². The van der Waals surface area contributed by atoms with Gasteiger partial charge in [-0.15, -0.1) is 0 Å². The van der Waals surface area contributed by atoms with Crippen molar-refractivity contribution in [1.29, 1.82) is 0 Å². The molecule has 2 nitrogen and oxygen atoms in total. The van der Waals surface area contributed by atoms with Crippen molar-refractivity contribution < 1.29 is 0 Å². The summed E-state index contributed by atoms with van der Waals surface area (Å²) in [4.78, 5) is 2.90. The molecule has 38 valence electrons. The van der Waals surface area contributed by atoms with Crippen molar-refractivity contribution in [2.75, 3.05) is 0 Å².